The third kappa shape index (κ3) is 2.53. The van der Waals surface area contributed by atoms with Crippen molar-refractivity contribution in [1.82, 2.24) is 9.36 Å². The Morgan fingerprint density at radius 3 is 3.05 bits per heavy atom. The second-order valence-corrected chi connectivity index (χ2v) is 6.76. The summed E-state index contributed by atoms with van der Waals surface area (Å²) in [5.41, 5.74) is 7.98. The van der Waals surface area contributed by atoms with Crippen molar-refractivity contribution in [2.24, 2.45) is 0 Å². The lowest BCUT2D eigenvalue weighted by molar-refractivity contribution is 0.0895. The van der Waals surface area contributed by atoms with Crippen molar-refractivity contribution < 1.29 is 4.74 Å². The normalized spacial score (nSPS) is 19.5. The number of aromatic nitrogens is 2. The van der Waals surface area contributed by atoms with E-state index >= 15 is 0 Å². The molecule has 0 aliphatic carbocycles. The highest BCUT2D eigenvalue weighted by atomic mass is 32.1. The molecule has 0 saturated carbocycles. The number of nitrogens with zero attached hydrogens (tertiary/aromatic N) is 3. The number of hydrogen-bond acceptors (Lipinski definition) is 7. The van der Waals surface area contributed by atoms with Crippen LogP contribution in [0.15, 0.2) is 5.38 Å². The fraction of sp³-hybridized carbons (Fsp3) is 0.538. The van der Waals surface area contributed by atoms with Crippen molar-refractivity contribution in [2.75, 3.05) is 30.8 Å². The number of rotatable bonds is 3. The Hall–Kier alpha value is -1.18. The summed E-state index contributed by atoms with van der Waals surface area (Å²) in [6.45, 7) is 3.93. The molecule has 3 heterocycles. The van der Waals surface area contributed by atoms with Gasteiger partial charge in [0.05, 0.1) is 22.4 Å². The monoisotopic (exact) mass is 310 g/mol. The van der Waals surface area contributed by atoms with Crippen LogP contribution in [-0.2, 0) is 4.74 Å². The Morgan fingerprint density at radius 1 is 1.50 bits per heavy atom. The lowest BCUT2D eigenvalue weighted by Gasteiger charge is -2.32. The van der Waals surface area contributed by atoms with E-state index in [0.29, 0.717) is 5.82 Å². The lowest BCUT2D eigenvalue weighted by atomic mass is 10.1. The highest BCUT2D eigenvalue weighted by Gasteiger charge is 2.26. The maximum absolute atomic E-state index is 6.06. The van der Waals surface area contributed by atoms with Crippen LogP contribution >= 0.6 is 22.9 Å². The summed E-state index contributed by atoms with van der Waals surface area (Å²) < 4.78 is 9.83. The highest BCUT2D eigenvalue weighted by molar-refractivity contribution is 7.11. The van der Waals surface area contributed by atoms with Crippen LogP contribution in [0.25, 0.3) is 11.3 Å². The molecule has 0 bridgehead atoms. The third-order valence-electron chi connectivity index (χ3n) is 3.57. The quantitative estimate of drug-likeness (QED) is 0.944. The average molecular weight is 310 g/mol. The number of nitrogens with two attached hydrogens (primary N) is 1. The van der Waals surface area contributed by atoms with E-state index in [0.717, 1.165) is 47.2 Å². The number of piperidine rings is 1. The summed E-state index contributed by atoms with van der Waals surface area (Å²) in [6.07, 6.45) is 2.54. The summed E-state index contributed by atoms with van der Waals surface area (Å²) >= 11 is 3.10. The summed E-state index contributed by atoms with van der Waals surface area (Å²) in [6, 6.07) is 0. The number of hydrogen-bond donors (Lipinski definition) is 1. The van der Waals surface area contributed by atoms with Crippen LogP contribution in [0.4, 0.5) is 10.8 Å². The largest absolute Gasteiger partial charge is 0.382 e. The molecule has 3 rings (SSSR count). The van der Waals surface area contributed by atoms with Crippen LogP contribution < -0.4 is 10.6 Å². The maximum Gasteiger partial charge on any atom is 0.148 e. The predicted molar refractivity (Wildman–Crippen MR) is 84.6 cm³/mol. The van der Waals surface area contributed by atoms with Gasteiger partial charge in [0, 0.05) is 25.6 Å². The summed E-state index contributed by atoms with van der Waals surface area (Å²) in [5, 5.41) is 4.22. The molecule has 1 unspecified atom stereocenters. The van der Waals surface area contributed by atoms with E-state index in [1.165, 1.54) is 11.5 Å². The Labute approximate surface area is 126 Å². The molecule has 2 aromatic heterocycles. The van der Waals surface area contributed by atoms with Gasteiger partial charge in [0.15, 0.2) is 0 Å². The first-order valence-corrected chi connectivity index (χ1v) is 8.29. The molecule has 20 heavy (non-hydrogen) atoms. The van der Waals surface area contributed by atoms with E-state index in [2.05, 4.69) is 19.6 Å². The van der Waals surface area contributed by atoms with Gasteiger partial charge in [-0.25, -0.2) is 4.98 Å². The minimum atomic E-state index is 0.289. The Morgan fingerprint density at radius 2 is 2.35 bits per heavy atom. The fourth-order valence-electron chi connectivity index (χ4n) is 2.54. The van der Waals surface area contributed by atoms with Crippen molar-refractivity contribution >= 4 is 33.7 Å². The smallest absolute Gasteiger partial charge is 0.148 e. The maximum atomic E-state index is 6.06. The zero-order valence-electron chi connectivity index (χ0n) is 11.6. The number of ether oxygens (including phenoxy) is 1. The SMILES string of the molecule is COC1CCCN(c2snc(N)c2-c2csc(C)n2)C1. The molecular formula is C13H18N4OS2. The van der Waals surface area contributed by atoms with Crippen LogP contribution in [0.1, 0.15) is 17.8 Å². The van der Waals surface area contributed by atoms with Gasteiger partial charge in [-0.05, 0) is 31.3 Å². The van der Waals surface area contributed by atoms with E-state index in [1.54, 1.807) is 18.4 Å². The van der Waals surface area contributed by atoms with Gasteiger partial charge in [-0.15, -0.1) is 11.3 Å². The molecule has 0 radical (unpaired) electrons. The molecule has 2 N–H and O–H groups in total. The summed E-state index contributed by atoms with van der Waals surface area (Å²) in [5.74, 6) is 0.579. The number of anilines is 2. The molecular weight excluding hydrogens is 292 g/mol. The van der Waals surface area contributed by atoms with E-state index in [-0.39, 0.29) is 6.10 Å². The minimum Gasteiger partial charge on any atom is -0.382 e. The molecule has 1 saturated heterocycles. The molecule has 0 amide bonds. The zero-order valence-corrected chi connectivity index (χ0v) is 13.3. The van der Waals surface area contributed by atoms with Gasteiger partial charge < -0.3 is 15.4 Å². The first kappa shape index (κ1) is 13.8. The highest BCUT2D eigenvalue weighted by Crippen LogP contribution is 2.40. The Kier molecular flexibility index (Phi) is 3.91. The van der Waals surface area contributed by atoms with E-state index in [4.69, 9.17) is 10.5 Å². The fourth-order valence-corrected chi connectivity index (χ4v) is 4.00. The van der Waals surface area contributed by atoms with E-state index < -0.39 is 0 Å². The topological polar surface area (TPSA) is 64.3 Å². The lowest BCUT2D eigenvalue weighted by Crippen LogP contribution is -2.39. The first-order valence-electron chi connectivity index (χ1n) is 6.64. The molecule has 1 atom stereocenters. The Balaban J connectivity index is 1.94. The van der Waals surface area contributed by atoms with Crippen LogP contribution in [0.5, 0.6) is 0 Å². The molecule has 0 spiro atoms. The van der Waals surface area contributed by atoms with Crippen molar-refractivity contribution in [2.45, 2.75) is 25.9 Å². The van der Waals surface area contributed by atoms with Gasteiger partial charge in [0.2, 0.25) is 0 Å². The van der Waals surface area contributed by atoms with E-state index in [1.807, 2.05) is 6.92 Å². The van der Waals surface area contributed by atoms with Crippen LogP contribution in [0.2, 0.25) is 0 Å². The molecule has 1 aliphatic rings. The van der Waals surface area contributed by atoms with Gasteiger partial charge >= 0.3 is 0 Å². The molecule has 0 aromatic carbocycles. The van der Waals surface area contributed by atoms with Crippen LogP contribution in [0.3, 0.4) is 0 Å². The Bertz CT molecular complexity index is 595. The standard InChI is InChI=1S/C13H18N4OS2/c1-8-15-10(7-19-8)11-12(14)16-20-13(11)17-5-3-4-9(6-17)18-2/h7,9H,3-6H2,1-2H3,(H2,14,16). The summed E-state index contributed by atoms with van der Waals surface area (Å²) in [4.78, 5) is 6.89. The molecule has 5 nitrogen and oxygen atoms in total. The zero-order chi connectivity index (χ0) is 14.1. The number of nitrogen functional groups attached to an aromatic ring is 1. The van der Waals surface area contributed by atoms with E-state index in [9.17, 15) is 0 Å². The van der Waals surface area contributed by atoms with Gasteiger partial charge in [0.25, 0.3) is 0 Å². The number of methoxy groups -OCH3 is 1. The summed E-state index contributed by atoms with van der Waals surface area (Å²) in [7, 11) is 1.78. The molecule has 108 valence electrons. The van der Waals surface area contributed by atoms with Crippen molar-refractivity contribution in [3.8, 4) is 11.3 Å². The molecule has 1 fully saturated rings. The van der Waals surface area contributed by atoms with Gasteiger partial charge in [-0.1, -0.05) is 0 Å². The van der Waals surface area contributed by atoms with Gasteiger partial charge in [0.1, 0.15) is 10.8 Å². The second-order valence-electron chi connectivity index (χ2n) is 4.95. The van der Waals surface area contributed by atoms with Crippen molar-refractivity contribution in [3.05, 3.63) is 10.4 Å². The van der Waals surface area contributed by atoms with Gasteiger partial charge in [-0.2, -0.15) is 4.37 Å². The molecule has 7 heteroatoms. The average Bonchev–Trinajstić information content (AvgIpc) is 3.04. The number of aryl methyl sites for hydroxylation is 1. The second kappa shape index (κ2) is 5.67. The van der Waals surface area contributed by atoms with Crippen molar-refractivity contribution in [1.29, 1.82) is 0 Å². The van der Waals surface area contributed by atoms with Crippen LogP contribution in [-0.4, -0.2) is 35.7 Å². The third-order valence-corrected chi connectivity index (χ3v) is 5.27. The molecule has 1 aliphatic heterocycles. The van der Waals surface area contributed by atoms with Crippen LogP contribution in [0, 0.1) is 6.92 Å². The number of thiazole rings is 1. The van der Waals surface area contributed by atoms with Crippen molar-refractivity contribution in [3.63, 3.8) is 0 Å². The minimum absolute atomic E-state index is 0.289. The van der Waals surface area contributed by atoms with Gasteiger partial charge in [-0.3, -0.25) is 0 Å². The first-order chi connectivity index (χ1) is 9.69. The predicted octanol–water partition coefficient (Wildman–Crippen LogP) is 2.77. The molecule has 2 aromatic rings.